The van der Waals surface area contributed by atoms with Crippen LogP contribution >= 0.6 is 12.4 Å². The van der Waals surface area contributed by atoms with E-state index in [9.17, 15) is 4.79 Å². The maximum absolute atomic E-state index is 12.0. The number of nitrogens with one attached hydrogen (secondary N) is 1. The fourth-order valence-corrected chi connectivity index (χ4v) is 2.36. The standard InChI is InChI=1S/C13H23N5O.ClH/c1-4-8(2)12(14)13(19)16-10-5-6-11-15-9(3)17-18(11)7-10;/h8,10,12H,4-7,14H2,1-3H3,(H,16,19);1H. The molecule has 3 atom stereocenters. The normalized spacial score (nSPS) is 20.5. The molecule has 7 heteroatoms. The first-order chi connectivity index (χ1) is 9.01. The maximum Gasteiger partial charge on any atom is 0.237 e. The Morgan fingerprint density at radius 1 is 1.60 bits per heavy atom. The first-order valence-corrected chi connectivity index (χ1v) is 6.97. The van der Waals surface area contributed by atoms with Crippen molar-refractivity contribution >= 4 is 18.3 Å². The van der Waals surface area contributed by atoms with Crippen molar-refractivity contribution in [3.8, 4) is 0 Å². The highest BCUT2D eigenvalue weighted by molar-refractivity contribution is 5.85. The summed E-state index contributed by atoms with van der Waals surface area (Å²) in [5.41, 5.74) is 5.94. The van der Waals surface area contributed by atoms with Crippen molar-refractivity contribution < 1.29 is 4.79 Å². The van der Waals surface area contributed by atoms with Gasteiger partial charge in [0, 0.05) is 12.5 Å². The van der Waals surface area contributed by atoms with Crippen LogP contribution in [-0.4, -0.2) is 32.8 Å². The first kappa shape index (κ1) is 16.9. The van der Waals surface area contributed by atoms with Crippen LogP contribution in [0.15, 0.2) is 0 Å². The second-order valence-electron chi connectivity index (χ2n) is 5.41. The van der Waals surface area contributed by atoms with Crippen LogP contribution in [0.3, 0.4) is 0 Å². The van der Waals surface area contributed by atoms with Gasteiger partial charge in [-0.05, 0) is 19.3 Å². The Hall–Kier alpha value is -1.14. The van der Waals surface area contributed by atoms with Crippen molar-refractivity contribution in [2.45, 2.75) is 58.7 Å². The maximum atomic E-state index is 12.0. The quantitative estimate of drug-likeness (QED) is 0.862. The molecule has 0 radical (unpaired) electrons. The highest BCUT2D eigenvalue weighted by Crippen LogP contribution is 2.13. The van der Waals surface area contributed by atoms with Crippen LogP contribution < -0.4 is 11.1 Å². The molecule has 0 aliphatic carbocycles. The molecule has 3 N–H and O–H groups in total. The number of nitrogens with two attached hydrogens (primary N) is 1. The van der Waals surface area contributed by atoms with Crippen molar-refractivity contribution in [3.05, 3.63) is 11.6 Å². The zero-order valence-electron chi connectivity index (χ0n) is 12.3. The summed E-state index contributed by atoms with van der Waals surface area (Å²) < 4.78 is 1.89. The van der Waals surface area contributed by atoms with Gasteiger partial charge >= 0.3 is 0 Å². The minimum Gasteiger partial charge on any atom is -0.350 e. The molecule has 2 heterocycles. The Balaban J connectivity index is 0.00000200. The summed E-state index contributed by atoms with van der Waals surface area (Å²) in [6.07, 6.45) is 2.66. The monoisotopic (exact) mass is 301 g/mol. The summed E-state index contributed by atoms with van der Waals surface area (Å²) in [5.74, 6) is 1.94. The molecule has 1 aromatic heterocycles. The number of fused-ring (bicyclic) bond motifs is 1. The summed E-state index contributed by atoms with van der Waals surface area (Å²) in [7, 11) is 0. The van der Waals surface area contributed by atoms with Gasteiger partial charge in [-0.15, -0.1) is 12.4 Å². The molecule has 1 aliphatic rings. The average molecular weight is 302 g/mol. The third-order valence-electron chi connectivity index (χ3n) is 3.87. The number of rotatable bonds is 4. The van der Waals surface area contributed by atoms with E-state index in [1.807, 2.05) is 25.5 Å². The molecule has 20 heavy (non-hydrogen) atoms. The molecule has 1 aliphatic heterocycles. The van der Waals surface area contributed by atoms with Gasteiger partial charge in [0.1, 0.15) is 11.6 Å². The van der Waals surface area contributed by atoms with E-state index in [1.54, 1.807) is 0 Å². The van der Waals surface area contributed by atoms with Gasteiger partial charge in [-0.25, -0.2) is 9.67 Å². The molecule has 6 nitrogen and oxygen atoms in total. The van der Waals surface area contributed by atoms with E-state index >= 15 is 0 Å². The van der Waals surface area contributed by atoms with E-state index in [-0.39, 0.29) is 30.3 Å². The Labute approximate surface area is 125 Å². The second-order valence-corrected chi connectivity index (χ2v) is 5.41. The van der Waals surface area contributed by atoms with E-state index in [2.05, 4.69) is 15.4 Å². The predicted molar refractivity (Wildman–Crippen MR) is 79.7 cm³/mol. The molecule has 0 saturated heterocycles. The van der Waals surface area contributed by atoms with E-state index in [0.29, 0.717) is 6.54 Å². The molecule has 1 amide bonds. The van der Waals surface area contributed by atoms with Crippen molar-refractivity contribution in [3.63, 3.8) is 0 Å². The lowest BCUT2D eigenvalue weighted by atomic mass is 9.98. The summed E-state index contributed by atoms with van der Waals surface area (Å²) >= 11 is 0. The lowest BCUT2D eigenvalue weighted by Gasteiger charge is -2.26. The third-order valence-corrected chi connectivity index (χ3v) is 3.87. The summed E-state index contributed by atoms with van der Waals surface area (Å²) in [5, 5.41) is 7.36. The van der Waals surface area contributed by atoms with Gasteiger partial charge in [0.05, 0.1) is 12.6 Å². The molecule has 0 fully saturated rings. The molecule has 3 unspecified atom stereocenters. The molecular weight excluding hydrogens is 278 g/mol. The molecule has 0 saturated carbocycles. The first-order valence-electron chi connectivity index (χ1n) is 6.97. The lowest BCUT2D eigenvalue weighted by Crippen LogP contribution is -2.50. The number of aromatic nitrogens is 3. The van der Waals surface area contributed by atoms with Gasteiger partial charge in [0.25, 0.3) is 0 Å². The minimum atomic E-state index is -0.427. The van der Waals surface area contributed by atoms with Crippen LogP contribution in [0, 0.1) is 12.8 Å². The van der Waals surface area contributed by atoms with E-state index < -0.39 is 6.04 Å². The zero-order chi connectivity index (χ0) is 14.0. The predicted octanol–water partition coefficient (Wildman–Crippen LogP) is 0.813. The molecular formula is C13H24ClN5O. The highest BCUT2D eigenvalue weighted by atomic mass is 35.5. The lowest BCUT2D eigenvalue weighted by molar-refractivity contribution is -0.124. The van der Waals surface area contributed by atoms with Crippen molar-refractivity contribution in [1.29, 1.82) is 0 Å². The summed E-state index contributed by atoms with van der Waals surface area (Å²) in [4.78, 5) is 16.4. The van der Waals surface area contributed by atoms with Gasteiger partial charge in [-0.3, -0.25) is 4.79 Å². The Morgan fingerprint density at radius 2 is 2.30 bits per heavy atom. The van der Waals surface area contributed by atoms with Crippen molar-refractivity contribution in [2.75, 3.05) is 0 Å². The SMILES string of the molecule is CCC(C)C(N)C(=O)NC1CCc2nc(C)nn2C1.Cl. The van der Waals surface area contributed by atoms with Gasteiger partial charge in [-0.1, -0.05) is 20.3 Å². The van der Waals surface area contributed by atoms with Crippen LogP contribution in [0.1, 0.15) is 38.3 Å². The number of halogens is 1. The van der Waals surface area contributed by atoms with E-state index in [1.165, 1.54) is 0 Å². The van der Waals surface area contributed by atoms with Crippen molar-refractivity contribution in [1.82, 2.24) is 20.1 Å². The van der Waals surface area contributed by atoms with Crippen LogP contribution in [-0.2, 0) is 17.8 Å². The molecule has 0 aromatic carbocycles. The molecule has 0 bridgehead atoms. The number of carbonyl (C=O) groups is 1. The smallest absolute Gasteiger partial charge is 0.237 e. The number of aryl methyl sites for hydroxylation is 2. The summed E-state index contributed by atoms with van der Waals surface area (Å²) in [6.45, 7) is 6.62. The number of amides is 1. The number of hydrogen-bond donors (Lipinski definition) is 2. The Bertz CT molecular complexity index is 462. The number of carbonyl (C=O) groups excluding carboxylic acids is 1. The number of nitrogens with zero attached hydrogens (tertiary/aromatic N) is 3. The Morgan fingerprint density at radius 3 is 2.95 bits per heavy atom. The van der Waals surface area contributed by atoms with Crippen LogP contribution in [0.25, 0.3) is 0 Å². The molecule has 114 valence electrons. The fourth-order valence-electron chi connectivity index (χ4n) is 2.36. The van der Waals surface area contributed by atoms with Crippen LogP contribution in [0.5, 0.6) is 0 Å². The average Bonchev–Trinajstić information content (AvgIpc) is 2.76. The van der Waals surface area contributed by atoms with Gasteiger partial charge in [0.2, 0.25) is 5.91 Å². The second kappa shape index (κ2) is 7.04. The third kappa shape index (κ3) is 3.70. The van der Waals surface area contributed by atoms with Crippen LogP contribution in [0.4, 0.5) is 0 Å². The Kier molecular flexibility index (Phi) is 5.95. The fraction of sp³-hybridized carbons (Fsp3) is 0.769. The van der Waals surface area contributed by atoms with Gasteiger partial charge < -0.3 is 11.1 Å². The highest BCUT2D eigenvalue weighted by Gasteiger charge is 2.25. The van der Waals surface area contributed by atoms with Crippen LogP contribution in [0.2, 0.25) is 0 Å². The van der Waals surface area contributed by atoms with Crippen molar-refractivity contribution in [2.24, 2.45) is 11.7 Å². The van der Waals surface area contributed by atoms with E-state index in [0.717, 1.165) is 30.9 Å². The summed E-state index contributed by atoms with van der Waals surface area (Å²) in [6, 6.07) is -0.319. The minimum absolute atomic E-state index is 0. The van der Waals surface area contributed by atoms with Gasteiger partial charge in [-0.2, -0.15) is 5.10 Å². The molecule has 2 rings (SSSR count). The van der Waals surface area contributed by atoms with E-state index in [4.69, 9.17) is 5.73 Å². The topological polar surface area (TPSA) is 85.8 Å². The molecule has 0 spiro atoms. The largest absolute Gasteiger partial charge is 0.350 e. The van der Waals surface area contributed by atoms with Gasteiger partial charge in [0.15, 0.2) is 0 Å². The molecule has 1 aromatic rings. The zero-order valence-corrected chi connectivity index (χ0v) is 13.1. The number of hydrogen-bond acceptors (Lipinski definition) is 4.